The average molecular weight is 234 g/mol. The van der Waals surface area contributed by atoms with Gasteiger partial charge in [0.25, 0.3) is 5.56 Å². The molecule has 90 valence electrons. The number of nitrogens with zero attached hydrogens (tertiary/aromatic N) is 3. The predicted octanol–water partition coefficient (Wildman–Crippen LogP) is 0.828. The van der Waals surface area contributed by atoms with Gasteiger partial charge < -0.3 is 10.1 Å². The molecule has 17 heavy (non-hydrogen) atoms. The van der Waals surface area contributed by atoms with Crippen molar-refractivity contribution in [3.05, 3.63) is 28.3 Å². The van der Waals surface area contributed by atoms with Gasteiger partial charge in [0.1, 0.15) is 5.82 Å². The largest absolute Gasteiger partial charge is 0.493 e. The zero-order valence-corrected chi connectivity index (χ0v) is 9.77. The van der Waals surface area contributed by atoms with E-state index in [9.17, 15) is 9.90 Å². The summed E-state index contributed by atoms with van der Waals surface area (Å²) >= 11 is 0. The number of aromatic nitrogens is 4. The molecule has 0 fully saturated rings. The van der Waals surface area contributed by atoms with Gasteiger partial charge in [-0.1, -0.05) is 13.3 Å². The number of hydrogen-bond acceptors (Lipinski definition) is 4. The van der Waals surface area contributed by atoms with E-state index in [0.29, 0.717) is 23.4 Å². The van der Waals surface area contributed by atoms with Gasteiger partial charge in [0.05, 0.1) is 17.3 Å². The summed E-state index contributed by atoms with van der Waals surface area (Å²) < 4.78 is 1.60. The molecule has 0 aliphatic heterocycles. The number of hydrogen-bond donors (Lipinski definition) is 2. The Morgan fingerprint density at radius 2 is 2.29 bits per heavy atom. The lowest BCUT2D eigenvalue weighted by molar-refractivity contribution is 0.443. The molecule has 0 saturated carbocycles. The molecule has 0 aliphatic carbocycles. The van der Waals surface area contributed by atoms with Crippen LogP contribution in [0.1, 0.15) is 18.9 Å². The fourth-order valence-electron chi connectivity index (χ4n) is 1.64. The lowest BCUT2D eigenvalue weighted by Crippen LogP contribution is -2.15. The summed E-state index contributed by atoms with van der Waals surface area (Å²) in [4.78, 5) is 18.4. The summed E-state index contributed by atoms with van der Waals surface area (Å²) in [7, 11) is 1.77. The van der Waals surface area contributed by atoms with Crippen molar-refractivity contribution in [2.75, 3.05) is 0 Å². The van der Waals surface area contributed by atoms with Gasteiger partial charge in [0.2, 0.25) is 5.88 Å². The average Bonchev–Trinajstić information content (AvgIpc) is 2.70. The maximum absolute atomic E-state index is 11.7. The van der Waals surface area contributed by atoms with E-state index in [-0.39, 0.29) is 11.4 Å². The van der Waals surface area contributed by atoms with Crippen LogP contribution in [0.15, 0.2) is 17.2 Å². The molecule has 2 N–H and O–H groups in total. The summed E-state index contributed by atoms with van der Waals surface area (Å²) in [6, 6.07) is 0. The fraction of sp³-hybridized carbons (Fsp3) is 0.364. The van der Waals surface area contributed by atoms with Crippen molar-refractivity contribution >= 4 is 0 Å². The molecule has 6 heteroatoms. The Morgan fingerprint density at radius 3 is 2.82 bits per heavy atom. The second-order valence-corrected chi connectivity index (χ2v) is 3.87. The van der Waals surface area contributed by atoms with Gasteiger partial charge in [-0.05, 0) is 6.42 Å². The van der Waals surface area contributed by atoms with Crippen molar-refractivity contribution in [3.63, 3.8) is 0 Å². The molecular formula is C11H14N4O2. The summed E-state index contributed by atoms with van der Waals surface area (Å²) in [5, 5.41) is 13.7. The molecule has 0 aromatic carbocycles. The molecule has 0 unspecified atom stereocenters. The van der Waals surface area contributed by atoms with Crippen LogP contribution >= 0.6 is 0 Å². The summed E-state index contributed by atoms with van der Waals surface area (Å²) in [6.07, 6.45) is 4.60. The second kappa shape index (κ2) is 4.40. The van der Waals surface area contributed by atoms with Crippen LogP contribution in [0.25, 0.3) is 11.4 Å². The van der Waals surface area contributed by atoms with Gasteiger partial charge in [-0.15, -0.1) is 0 Å². The molecule has 6 nitrogen and oxygen atoms in total. The molecule has 0 saturated heterocycles. The monoisotopic (exact) mass is 234 g/mol. The normalized spacial score (nSPS) is 10.7. The molecule has 0 bridgehead atoms. The van der Waals surface area contributed by atoms with Gasteiger partial charge in [-0.25, -0.2) is 0 Å². The molecule has 2 aromatic heterocycles. The Labute approximate surface area is 98.0 Å². The van der Waals surface area contributed by atoms with Crippen molar-refractivity contribution in [3.8, 4) is 17.3 Å². The predicted molar refractivity (Wildman–Crippen MR) is 62.7 cm³/mol. The van der Waals surface area contributed by atoms with Crippen LogP contribution in [-0.4, -0.2) is 24.9 Å². The lowest BCUT2D eigenvalue weighted by atomic mass is 10.2. The molecule has 2 rings (SSSR count). The first-order valence-corrected chi connectivity index (χ1v) is 5.43. The first-order chi connectivity index (χ1) is 8.11. The van der Waals surface area contributed by atoms with Crippen LogP contribution in [-0.2, 0) is 13.5 Å². The van der Waals surface area contributed by atoms with Crippen LogP contribution in [0.2, 0.25) is 0 Å². The maximum atomic E-state index is 11.7. The van der Waals surface area contributed by atoms with Gasteiger partial charge >= 0.3 is 0 Å². The van der Waals surface area contributed by atoms with Crippen molar-refractivity contribution < 1.29 is 5.11 Å². The number of H-pyrrole nitrogens is 1. The molecule has 0 atom stereocenters. The number of aromatic amines is 1. The van der Waals surface area contributed by atoms with Gasteiger partial charge in [-0.3, -0.25) is 9.48 Å². The Hall–Kier alpha value is -2.11. The van der Waals surface area contributed by atoms with Crippen molar-refractivity contribution in [2.45, 2.75) is 19.8 Å². The minimum Gasteiger partial charge on any atom is -0.493 e. The van der Waals surface area contributed by atoms with E-state index >= 15 is 0 Å². The molecule has 0 radical (unpaired) electrons. The Morgan fingerprint density at radius 1 is 1.53 bits per heavy atom. The number of aromatic hydroxyl groups is 1. The van der Waals surface area contributed by atoms with E-state index in [0.717, 1.165) is 6.42 Å². The maximum Gasteiger partial charge on any atom is 0.258 e. The zero-order valence-electron chi connectivity index (χ0n) is 9.77. The molecule has 2 aromatic rings. The van der Waals surface area contributed by atoms with E-state index in [4.69, 9.17) is 0 Å². The topological polar surface area (TPSA) is 83.8 Å². The van der Waals surface area contributed by atoms with Crippen molar-refractivity contribution in [2.24, 2.45) is 7.05 Å². The molecular weight excluding hydrogens is 220 g/mol. The third kappa shape index (κ3) is 2.20. The number of rotatable bonds is 3. The molecule has 0 aliphatic rings. The Kier molecular flexibility index (Phi) is 2.95. The highest BCUT2D eigenvalue weighted by Gasteiger charge is 2.11. The van der Waals surface area contributed by atoms with Crippen molar-refractivity contribution in [1.82, 2.24) is 19.7 Å². The van der Waals surface area contributed by atoms with E-state index in [1.165, 1.54) is 0 Å². The first-order valence-electron chi connectivity index (χ1n) is 5.43. The summed E-state index contributed by atoms with van der Waals surface area (Å²) in [6.45, 7) is 1.94. The van der Waals surface area contributed by atoms with E-state index in [2.05, 4.69) is 15.1 Å². The third-order valence-corrected chi connectivity index (χ3v) is 2.47. The Bertz CT molecular complexity index is 585. The summed E-state index contributed by atoms with van der Waals surface area (Å²) in [5.74, 6) is 0.134. The van der Waals surface area contributed by atoms with Gasteiger partial charge in [-0.2, -0.15) is 10.1 Å². The highest BCUT2D eigenvalue weighted by molar-refractivity contribution is 5.53. The van der Waals surface area contributed by atoms with Crippen LogP contribution in [0, 0.1) is 0 Å². The van der Waals surface area contributed by atoms with Crippen molar-refractivity contribution in [1.29, 1.82) is 0 Å². The quantitative estimate of drug-likeness (QED) is 0.823. The van der Waals surface area contributed by atoms with E-state index < -0.39 is 0 Å². The van der Waals surface area contributed by atoms with Gasteiger partial charge in [0.15, 0.2) is 0 Å². The third-order valence-electron chi connectivity index (χ3n) is 2.47. The van der Waals surface area contributed by atoms with E-state index in [1.807, 2.05) is 6.92 Å². The smallest absolute Gasteiger partial charge is 0.258 e. The minimum absolute atomic E-state index is 0.200. The first kappa shape index (κ1) is 11.4. The summed E-state index contributed by atoms with van der Waals surface area (Å²) in [5.41, 5.74) is 0.710. The number of nitrogens with one attached hydrogen (secondary N) is 1. The molecule has 0 amide bonds. The fourth-order valence-corrected chi connectivity index (χ4v) is 1.64. The molecule has 0 spiro atoms. The molecule has 2 heterocycles. The Balaban J connectivity index is 2.49. The number of aryl methyl sites for hydroxylation is 1. The van der Waals surface area contributed by atoms with Crippen LogP contribution in [0.3, 0.4) is 0 Å². The minimum atomic E-state index is -0.293. The SMILES string of the molecule is CCCc1c(O)nc(-c2cnn(C)c2)[nH]c1=O. The highest BCUT2D eigenvalue weighted by atomic mass is 16.3. The second-order valence-electron chi connectivity index (χ2n) is 3.87. The highest BCUT2D eigenvalue weighted by Crippen LogP contribution is 2.17. The van der Waals surface area contributed by atoms with Crippen LogP contribution in [0.4, 0.5) is 0 Å². The van der Waals surface area contributed by atoms with Gasteiger partial charge in [0, 0.05) is 13.2 Å². The van der Waals surface area contributed by atoms with E-state index in [1.54, 1.807) is 24.1 Å². The zero-order chi connectivity index (χ0) is 12.4. The van der Waals surface area contributed by atoms with Crippen LogP contribution in [0.5, 0.6) is 5.88 Å². The van der Waals surface area contributed by atoms with Crippen LogP contribution < -0.4 is 5.56 Å². The standard InChI is InChI=1S/C11H14N4O2/c1-3-4-8-10(16)13-9(14-11(8)17)7-5-12-15(2)6-7/h5-6H,3-4H2,1-2H3,(H2,13,14,16,17). The lowest BCUT2D eigenvalue weighted by Gasteiger charge is -2.03.